The lowest BCUT2D eigenvalue weighted by atomic mass is 9.76. The van der Waals surface area contributed by atoms with Crippen molar-refractivity contribution in [3.63, 3.8) is 0 Å². The number of benzene rings is 1. The smallest absolute Gasteiger partial charge is 0.0666 e. The fourth-order valence-corrected chi connectivity index (χ4v) is 3.72. The zero-order valence-electron chi connectivity index (χ0n) is 14.0. The highest BCUT2D eigenvalue weighted by Crippen LogP contribution is 2.37. The third kappa shape index (κ3) is 3.24. The number of hydrogen-bond donors (Lipinski definition) is 0. The molecule has 0 atom stereocenters. The Labute approximate surface area is 147 Å². The zero-order chi connectivity index (χ0) is 15.9. The Morgan fingerprint density at radius 3 is 2.55 bits per heavy atom. The van der Waals surface area contributed by atoms with Crippen LogP contribution in [0.5, 0.6) is 0 Å². The maximum absolute atomic E-state index is 5.01. The Kier molecular flexibility index (Phi) is 4.36. The van der Waals surface area contributed by atoms with Crippen LogP contribution < -0.4 is 0 Å². The predicted octanol–water partition coefficient (Wildman–Crippen LogP) is 5.19. The van der Waals surface area contributed by atoms with Crippen LogP contribution in [0.15, 0.2) is 24.3 Å². The standard InChI is InChI=1S/C19H25IN2/c1-13(2)11-17-16-9-10-19(3,4)12-18(16)22(21-17)15-7-5-14(20)6-8-15/h5-8,13H,9-12H2,1-4H3. The summed E-state index contributed by atoms with van der Waals surface area (Å²) in [5.41, 5.74) is 5.85. The van der Waals surface area contributed by atoms with E-state index < -0.39 is 0 Å². The van der Waals surface area contributed by atoms with Crippen molar-refractivity contribution in [2.45, 2.75) is 53.4 Å². The Morgan fingerprint density at radius 1 is 1.23 bits per heavy atom. The van der Waals surface area contributed by atoms with Crippen LogP contribution in [-0.2, 0) is 19.3 Å². The molecule has 0 N–H and O–H groups in total. The van der Waals surface area contributed by atoms with Gasteiger partial charge in [0.2, 0.25) is 0 Å². The van der Waals surface area contributed by atoms with Gasteiger partial charge in [0, 0.05) is 9.26 Å². The van der Waals surface area contributed by atoms with E-state index in [2.05, 4.69) is 79.2 Å². The highest BCUT2D eigenvalue weighted by Gasteiger charge is 2.31. The highest BCUT2D eigenvalue weighted by molar-refractivity contribution is 14.1. The molecular weight excluding hydrogens is 383 g/mol. The van der Waals surface area contributed by atoms with E-state index in [4.69, 9.17) is 5.10 Å². The summed E-state index contributed by atoms with van der Waals surface area (Å²) in [6, 6.07) is 8.71. The third-order valence-corrected chi connectivity index (χ3v) is 5.26. The number of hydrogen-bond acceptors (Lipinski definition) is 1. The average molecular weight is 408 g/mol. The fourth-order valence-electron chi connectivity index (χ4n) is 3.36. The van der Waals surface area contributed by atoms with Gasteiger partial charge in [0.05, 0.1) is 11.4 Å². The molecule has 0 unspecified atom stereocenters. The molecule has 0 amide bonds. The molecule has 1 aliphatic rings. The molecule has 0 saturated heterocycles. The van der Waals surface area contributed by atoms with Gasteiger partial charge in [0.1, 0.15) is 0 Å². The van der Waals surface area contributed by atoms with Gasteiger partial charge in [0.15, 0.2) is 0 Å². The number of fused-ring (bicyclic) bond motifs is 1. The Bertz CT molecular complexity index is 665. The van der Waals surface area contributed by atoms with Crippen molar-refractivity contribution in [1.82, 2.24) is 9.78 Å². The molecule has 2 nitrogen and oxygen atoms in total. The second kappa shape index (κ2) is 5.99. The minimum Gasteiger partial charge on any atom is -0.237 e. The molecule has 0 radical (unpaired) electrons. The van der Waals surface area contributed by atoms with E-state index in [0.29, 0.717) is 11.3 Å². The molecule has 1 aromatic carbocycles. The van der Waals surface area contributed by atoms with Crippen molar-refractivity contribution in [1.29, 1.82) is 0 Å². The number of nitrogens with zero attached hydrogens (tertiary/aromatic N) is 2. The molecule has 3 heteroatoms. The van der Waals surface area contributed by atoms with Crippen molar-refractivity contribution in [3.05, 3.63) is 44.8 Å². The molecular formula is C19H25IN2. The number of rotatable bonds is 3. The molecule has 3 rings (SSSR count). The Hall–Kier alpha value is -0.840. The Morgan fingerprint density at radius 2 is 1.91 bits per heavy atom. The van der Waals surface area contributed by atoms with Gasteiger partial charge in [-0.05, 0) is 89.4 Å². The first-order valence-corrected chi connectivity index (χ1v) is 9.29. The van der Waals surface area contributed by atoms with Crippen LogP contribution in [0.4, 0.5) is 0 Å². The van der Waals surface area contributed by atoms with Gasteiger partial charge < -0.3 is 0 Å². The first kappa shape index (κ1) is 16.0. The highest BCUT2D eigenvalue weighted by atomic mass is 127. The summed E-state index contributed by atoms with van der Waals surface area (Å²) in [6.07, 6.45) is 4.65. The van der Waals surface area contributed by atoms with E-state index in [1.807, 2.05) is 0 Å². The molecule has 1 heterocycles. The second-order valence-electron chi connectivity index (χ2n) is 7.70. The van der Waals surface area contributed by atoms with Gasteiger partial charge in [-0.3, -0.25) is 0 Å². The van der Waals surface area contributed by atoms with Gasteiger partial charge in [-0.1, -0.05) is 27.7 Å². The summed E-state index contributed by atoms with van der Waals surface area (Å²) in [5.74, 6) is 0.652. The van der Waals surface area contributed by atoms with Crippen molar-refractivity contribution < 1.29 is 0 Å². The van der Waals surface area contributed by atoms with Crippen LogP contribution in [0.3, 0.4) is 0 Å². The first-order valence-electron chi connectivity index (χ1n) is 8.21. The van der Waals surface area contributed by atoms with E-state index in [-0.39, 0.29) is 0 Å². The number of halogens is 1. The van der Waals surface area contributed by atoms with Crippen LogP contribution in [-0.4, -0.2) is 9.78 Å². The summed E-state index contributed by atoms with van der Waals surface area (Å²) < 4.78 is 3.48. The quantitative estimate of drug-likeness (QED) is 0.640. The summed E-state index contributed by atoms with van der Waals surface area (Å²) in [7, 11) is 0. The number of aromatic nitrogens is 2. The van der Waals surface area contributed by atoms with Gasteiger partial charge in [-0.15, -0.1) is 0 Å². The van der Waals surface area contributed by atoms with E-state index in [1.165, 1.54) is 39.1 Å². The molecule has 0 saturated carbocycles. The van der Waals surface area contributed by atoms with Crippen LogP contribution in [0, 0.1) is 14.9 Å². The summed E-state index contributed by atoms with van der Waals surface area (Å²) in [5, 5.41) is 5.01. The summed E-state index contributed by atoms with van der Waals surface area (Å²) in [6.45, 7) is 9.32. The monoisotopic (exact) mass is 408 g/mol. The molecule has 1 aromatic heterocycles. The van der Waals surface area contributed by atoms with E-state index in [9.17, 15) is 0 Å². The van der Waals surface area contributed by atoms with Gasteiger partial charge in [-0.2, -0.15) is 5.10 Å². The normalized spacial score (nSPS) is 16.8. The van der Waals surface area contributed by atoms with Gasteiger partial charge in [-0.25, -0.2) is 4.68 Å². The van der Waals surface area contributed by atoms with E-state index in [0.717, 1.165) is 12.8 Å². The average Bonchev–Trinajstić information content (AvgIpc) is 2.75. The minimum absolute atomic E-state index is 0.378. The fraction of sp³-hybridized carbons (Fsp3) is 0.526. The van der Waals surface area contributed by atoms with Crippen LogP contribution in [0.2, 0.25) is 0 Å². The molecule has 0 fully saturated rings. The van der Waals surface area contributed by atoms with Gasteiger partial charge in [0.25, 0.3) is 0 Å². The second-order valence-corrected chi connectivity index (χ2v) is 8.94. The Balaban J connectivity index is 2.09. The lowest BCUT2D eigenvalue weighted by Gasteiger charge is -2.30. The topological polar surface area (TPSA) is 17.8 Å². The summed E-state index contributed by atoms with van der Waals surface area (Å²) >= 11 is 2.36. The molecule has 0 bridgehead atoms. The van der Waals surface area contributed by atoms with Gasteiger partial charge >= 0.3 is 0 Å². The van der Waals surface area contributed by atoms with Crippen molar-refractivity contribution in [3.8, 4) is 5.69 Å². The first-order chi connectivity index (χ1) is 10.4. The zero-order valence-corrected chi connectivity index (χ0v) is 16.1. The minimum atomic E-state index is 0.378. The SMILES string of the molecule is CC(C)Cc1nn(-c2ccc(I)cc2)c2c1CCC(C)(C)C2. The lowest BCUT2D eigenvalue weighted by Crippen LogP contribution is -2.24. The predicted molar refractivity (Wildman–Crippen MR) is 101 cm³/mol. The molecule has 1 aliphatic carbocycles. The van der Waals surface area contributed by atoms with Crippen molar-refractivity contribution >= 4 is 22.6 Å². The molecule has 118 valence electrons. The largest absolute Gasteiger partial charge is 0.237 e. The van der Waals surface area contributed by atoms with Crippen LogP contribution in [0.1, 0.15) is 51.1 Å². The molecule has 0 spiro atoms. The van der Waals surface area contributed by atoms with E-state index in [1.54, 1.807) is 0 Å². The van der Waals surface area contributed by atoms with Crippen LogP contribution in [0.25, 0.3) is 5.69 Å². The summed E-state index contributed by atoms with van der Waals surface area (Å²) in [4.78, 5) is 0. The van der Waals surface area contributed by atoms with E-state index >= 15 is 0 Å². The molecule has 0 aliphatic heterocycles. The maximum atomic E-state index is 5.01. The maximum Gasteiger partial charge on any atom is 0.0666 e. The lowest BCUT2D eigenvalue weighted by molar-refractivity contribution is 0.308. The third-order valence-electron chi connectivity index (χ3n) is 4.54. The van der Waals surface area contributed by atoms with Crippen LogP contribution >= 0.6 is 22.6 Å². The van der Waals surface area contributed by atoms with Crippen molar-refractivity contribution in [2.75, 3.05) is 0 Å². The van der Waals surface area contributed by atoms with Crippen molar-refractivity contribution in [2.24, 2.45) is 11.3 Å². The molecule has 22 heavy (non-hydrogen) atoms. The molecule has 2 aromatic rings.